The minimum atomic E-state index is -4.82. The second-order valence-electron chi connectivity index (χ2n) is 8.76. The normalized spacial score (nSPS) is 13.7. The predicted molar refractivity (Wildman–Crippen MR) is 143 cm³/mol. The number of benzene rings is 2. The summed E-state index contributed by atoms with van der Waals surface area (Å²) in [5, 5.41) is 6.41. The highest BCUT2D eigenvalue weighted by Crippen LogP contribution is 2.28. The monoisotopic (exact) mass is 591 g/mol. The summed E-state index contributed by atoms with van der Waals surface area (Å²) in [5.74, 6) is -0.240. The number of thiophene rings is 1. The fraction of sp³-hybridized carbons (Fsp3) is 0.292. The summed E-state index contributed by atoms with van der Waals surface area (Å²) in [7, 11) is -4.58. The lowest BCUT2D eigenvalue weighted by Crippen LogP contribution is -2.35. The molecule has 2 atom stereocenters. The summed E-state index contributed by atoms with van der Waals surface area (Å²) in [6.07, 6.45) is 0. The molecular formula is C24H25ClF3N3O3S3. The third-order valence-electron chi connectivity index (χ3n) is 5.06. The molecule has 1 aromatic heterocycles. The van der Waals surface area contributed by atoms with E-state index in [-0.39, 0.29) is 17.3 Å². The van der Waals surface area contributed by atoms with Crippen molar-refractivity contribution in [3.8, 4) is 0 Å². The molecule has 3 N–H and O–H groups in total. The van der Waals surface area contributed by atoms with Crippen molar-refractivity contribution in [2.24, 2.45) is 5.41 Å². The van der Waals surface area contributed by atoms with Crippen LogP contribution in [0.15, 0.2) is 69.8 Å². The van der Waals surface area contributed by atoms with Crippen molar-refractivity contribution in [2.75, 3.05) is 18.4 Å². The van der Waals surface area contributed by atoms with Crippen molar-refractivity contribution in [1.82, 2.24) is 10.0 Å². The Balaban J connectivity index is 1.48. The van der Waals surface area contributed by atoms with Gasteiger partial charge >= 0.3 is 5.51 Å². The van der Waals surface area contributed by atoms with Crippen molar-refractivity contribution in [2.45, 2.75) is 35.0 Å². The molecule has 0 radical (unpaired) electrons. The number of hydrogen-bond acceptors (Lipinski definition) is 5. The Labute approximate surface area is 227 Å². The van der Waals surface area contributed by atoms with Gasteiger partial charge in [0.05, 0.1) is 6.54 Å². The van der Waals surface area contributed by atoms with Crippen LogP contribution in [0, 0.1) is 5.41 Å². The van der Waals surface area contributed by atoms with E-state index in [4.69, 9.17) is 11.6 Å². The second kappa shape index (κ2) is 12.5. The third kappa shape index (κ3) is 8.92. The van der Waals surface area contributed by atoms with E-state index in [1.807, 2.05) is 13.8 Å². The first-order valence-corrected chi connectivity index (χ1v) is 14.4. The van der Waals surface area contributed by atoms with Gasteiger partial charge < -0.3 is 10.6 Å². The van der Waals surface area contributed by atoms with E-state index >= 15 is 0 Å². The van der Waals surface area contributed by atoms with Crippen LogP contribution < -0.4 is 15.4 Å². The molecule has 1 amide bonds. The molecule has 0 aliphatic heterocycles. The van der Waals surface area contributed by atoms with E-state index in [9.17, 15) is 26.4 Å². The molecule has 0 bridgehead atoms. The SMILES string of the molecule is CC(C)(CNc1cccc(S(=O)C(F)(F)F)c1)CNS(=O)c1ccc(CNC(=O)c2ccc(Cl)cc2)s1. The molecule has 2 aromatic carbocycles. The molecule has 0 spiro atoms. The van der Waals surface area contributed by atoms with E-state index in [0.717, 1.165) is 4.88 Å². The van der Waals surface area contributed by atoms with Gasteiger partial charge in [-0.1, -0.05) is 31.5 Å². The average Bonchev–Trinajstić information content (AvgIpc) is 3.33. The molecule has 3 rings (SSSR count). The van der Waals surface area contributed by atoms with E-state index in [0.29, 0.717) is 33.6 Å². The molecule has 0 aliphatic rings. The van der Waals surface area contributed by atoms with Crippen molar-refractivity contribution in [3.05, 3.63) is 76.1 Å². The smallest absolute Gasteiger partial charge is 0.384 e. The van der Waals surface area contributed by atoms with Gasteiger partial charge in [0.1, 0.15) is 15.2 Å². The van der Waals surface area contributed by atoms with Crippen LogP contribution in [0.5, 0.6) is 0 Å². The number of alkyl halides is 3. The Bertz CT molecular complexity index is 1280. The maximum atomic E-state index is 12.7. The molecule has 200 valence electrons. The summed E-state index contributed by atoms with van der Waals surface area (Å²) in [6.45, 7) is 4.83. The van der Waals surface area contributed by atoms with Gasteiger partial charge in [0.2, 0.25) is 0 Å². The third-order valence-corrected chi connectivity index (χ3v) is 8.91. The summed E-state index contributed by atoms with van der Waals surface area (Å²) in [6, 6.07) is 15.5. The Morgan fingerprint density at radius 3 is 2.38 bits per heavy atom. The molecule has 1 heterocycles. The molecule has 0 saturated carbocycles. The van der Waals surface area contributed by atoms with Gasteiger partial charge in [-0.15, -0.1) is 11.3 Å². The van der Waals surface area contributed by atoms with E-state index in [1.54, 1.807) is 42.5 Å². The van der Waals surface area contributed by atoms with Crippen LogP contribution in [0.2, 0.25) is 5.02 Å². The van der Waals surface area contributed by atoms with E-state index < -0.39 is 32.7 Å². The zero-order valence-electron chi connectivity index (χ0n) is 19.9. The number of halogens is 4. The number of rotatable bonds is 11. The number of carbonyl (C=O) groups excluding carboxylic acids is 1. The zero-order chi connectivity index (χ0) is 27.2. The average molecular weight is 592 g/mol. The first-order valence-electron chi connectivity index (χ1n) is 10.9. The van der Waals surface area contributed by atoms with Gasteiger partial charge in [-0.05, 0) is 60.0 Å². The van der Waals surface area contributed by atoms with Crippen LogP contribution in [-0.2, 0) is 28.3 Å². The molecule has 0 aliphatic carbocycles. The van der Waals surface area contributed by atoms with Gasteiger partial charge in [0.25, 0.3) is 5.91 Å². The number of hydrogen-bond donors (Lipinski definition) is 3. The van der Waals surface area contributed by atoms with Crippen LogP contribution in [0.4, 0.5) is 18.9 Å². The first-order chi connectivity index (χ1) is 17.3. The fourth-order valence-electron chi connectivity index (χ4n) is 3.01. The number of carbonyl (C=O) groups is 1. The summed E-state index contributed by atoms with van der Waals surface area (Å²) >= 11 is 7.15. The lowest BCUT2D eigenvalue weighted by Gasteiger charge is -2.25. The Kier molecular flexibility index (Phi) is 9.92. The topological polar surface area (TPSA) is 87.3 Å². The quantitative estimate of drug-likeness (QED) is 0.267. The lowest BCUT2D eigenvalue weighted by molar-refractivity contribution is -0.0384. The minimum absolute atomic E-state index is 0.240. The Morgan fingerprint density at radius 2 is 1.70 bits per heavy atom. The zero-order valence-corrected chi connectivity index (χ0v) is 23.1. The number of anilines is 1. The molecule has 37 heavy (non-hydrogen) atoms. The van der Waals surface area contributed by atoms with E-state index in [1.165, 1.54) is 29.5 Å². The van der Waals surface area contributed by atoms with Gasteiger partial charge in [-0.3, -0.25) is 4.79 Å². The maximum absolute atomic E-state index is 12.7. The van der Waals surface area contributed by atoms with Gasteiger partial charge in [0.15, 0.2) is 10.8 Å². The molecule has 3 aromatic rings. The van der Waals surface area contributed by atoms with Crippen LogP contribution in [0.1, 0.15) is 29.1 Å². The van der Waals surface area contributed by atoms with Gasteiger partial charge in [-0.2, -0.15) is 13.2 Å². The van der Waals surface area contributed by atoms with Gasteiger partial charge in [-0.25, -0.2) is 13.1 Å². The van der Waals surface area contributed by atoms with Crippen molar-refractivity contribution in [3.63, 3.8) is 0 Å². The molecule has 0 saturated heterocycles. The lowest BCUT2D eigenvalue weighted by atomic mass is 9.94. The first kappa shape index (κ1) is 29.3. The molecule has 0 fully saturated rings. The highest BCUT2D eigenvalue weighted by molar-refractivity contribution is 7.86. The van der Waals surface area contributed by atoms with Crippen LogP contribution in [-0.4, -0.2) is 32.9 Å². The molecule has 13 heteroatoms. The van der Waals surface area contributed by atoms with Crippen LogP contribution >= 0.6 is 22.9 Å². The Morgan fingerprint density at radius 1 is 1.00 bits per heavy atom. The summed E-state index contributed by atoms with van der Waals surface area (Å²) in [5.41, 5.74) is -4.34. The predicted octanol–water partition coefficient (Wildman–Crippen LogP) is 5.71. The van der Waals surface area contributed by atoms with Gasteiger partial charge in [0, 0.05) is 39.1 Å². The molecule has 2 unspecified atom stereocenters. The number of nitrogens with one attached hydrogen (secondary N) is 3. The maximum Gasteiger partial charge on any atom is 0.475 e. The minimum Gasteiger partial charge on any atom is -0.384 e. The van der Waals surface area contributed by atoms with Crippen molar-refractivity contribution in [1.29, 1.82) is 0 Å². The van der Waals surface area contributed by atoms with Crippen LogP contribution in [0.3, 0.4) is 0 Å². The van der Waals surface area contributed by atoms with Crippen molar-refractivity contribution >= 4 is 56.3 Å². The fourth-order valence-corrected chi connectivity index (χ4v) is 6.18. The molecular weight excluding hydrogens is 567 g/mol. The highest BCUT2D eigenvalue weighted by Gasteiger charge is 2.38. The highest BCUT2D eigenvalue weighted by atomic mass is 35.5. The van der Waals surface area contributed by atoms with E-state index in [2.05, 4.69) is 15.4 Å². The largest absolute Gasteiger partial charge is 0.475 e. The molecule has 6 nitrogen and oxygen atoms in total. The Hall–Kier alpha value is -2.25. The van der Waals surface area contributed by atoms with Crippen LogP contribution in [0.25, 0.3) is 0 Å². The summed E-state index contributed by atoms with van der Waals surface area (Å²) in [4.78, 5) is 12.8. The second-order valence-corrected chi connectivity index (χ2v) is 13.4. The summed E-state index contributed by atoms with van der Waals surface area (Å²) < 4.78 is 66.1. The number of amides is 1. The van der Waals surface area contributed by atoms with Crippen molar-refractivity contribution < 1.29 is 26.4 Å². The standard InChI is InChI=1S/C24H25ClF3N3O3S3/c1-23(2,14-30-18-4-3-5-20(12-18)36(33)24(26,27)28)15-31-37(34)21-11-10-19(35-21)13-29-22(32)16-6-8-17(25)9-7-16/h3-12,30-31H,13-15H2,1-2H3,(H,29,32).